The number of benzene rings is 2. The smallest absolute Gasteiger partial charge is 0.243 e. The molecule has 0 aliphatic heterocycles. The van der Waals surface area contributed by atoms with Crippen molar-refractivity contribution in [2.75, 3.05) is 23.8 Å². The first-order chi connectivity index (χ1) is 11.4. The van der Waals surface area contributed by atoms with E-state index in [0.717, 1.165) is 28.3 Å². The van der Waals surface area contributed by atoms with E-state index in [1.165, 1.54) is 0 Å². The zero-order valence-corrected chi connectivity index (χ0v) is 14.8. The predicted octanol–water partition coefficient (Wildman–Crippen LogP) is 4.39. The van der Waals surface area contributed by atoms with Crippen molar-refractivity contribution >= 4 is 17.3 Å². The van der Waals surface area contributed by atoms with Crippen LogP contribution in [0, 0.1) is 19.8 Å². The summed E-state index contributed by atoms with van der Waals surface area (Å²) in [5, 5.41) is 6.05. The Morgan fingerprint density at radius 2 is 1.75 bits per heavy atom. The highest BCUT2D eigenvalue weighted by molar-refractivity contribution is 5.93. The molecule has 2 N–H and O–H groups in total. The molecule has 0 spiro atoms. The number of hydrogen-bond donors (Lipinski definition) is 2. The van der Waals surface area contributed by atoms with Crippen LogP contribution in [0.15, 0.2) is 42.5 Å². The summed E-state index contributed by atoms with van der Waals surface area (Å²) in [6, 6.07) is 13.7. The molecule has 2 aromatic carbocycles. The molecular formula is C20H26N2O2. The van der Waals surface area contributed by atoms with Gasteiger partial charge in [0.25, 0.3) is 0 Å². The second-order valence-electron chi connectivity index (χ2n) is 6.51. The molecule has 0 radical (unpaired) electrons. The molecule has 2 aromatic rings. The third-order valence-electron chi connectivity index (χ3n) is 3.38. The summed E-state index contributed by atoms with van der Waals surface area (Å²) in [6.07, 6.45) is 0. The molecule has 24 heavy (non-hydrogen) atoms. The first-order valence-electron chi connectivity index (χ1n) is 8.27. The van der Waals surface area contributed by atoms with Gasteiger partial charge in [-0.15, -0.1) is 0 Å². The summed E-state index contributed by atoms with van der Waals surface area (Å²) in [4.78, 5) is 12.1. The Balaban J connectivity index is 1.88. The number of carbonyl (C=O) groups is 1. The lowest BCUT2D eigenvalue weighted by atomic mass is 10.1. The third kappa shape index (κ3) is 5.95. The van der Waals surface area contributed by atoms with Gasteiger partial charge in [0.1, 0.15) is 5.75 Å². The number of ether oxygens (including phenoxy) is 1. The molecule has 0 atom stereocenters. The second kappa shape index (κ2) is 8.39. The molecule has 4 nitrogen and oxygen atoms in total. The Kier molecular flexibility index (Phi) is 6.24. The standard InChI is InChI=1S/C20H26N2O2/c1-14(2)13-24-19-7-5-6-17(11-19)21-12-20(23)22-18-9-15(3)8-16(4)10-18/h5-11,14,21H,12-13H2,1-4H3,(H,22,23). The Morgan fingerprint density at radius 3 is 2.42 bits per heavy atom. The van der Waals surface area contributed by atoms with Gasteiger partial charge in [-0.1, -0.05) is 26.0 Å². The van der Waals surface area contributed by atoms with Crippen molar-refractivity contribution in [3.63, 3.8) is 0 Å². The Hall–Kier alpha value is -2.49. The summed E-state index contributed by atoms with van der Waals surface area (Å²) in [5.41, 5.74) is 3.96. The van der Waals surface area contributed by atoms with Crippen LogP contribution in [-0.4, -0.2) is 19.1 Å². The minimum absolute atomic E-state index is 0.0755. The SMILES string of the molecule is Cc1cc(C)cc(NC(=O)CNc2cccc(OCC(C)C)c2)c1. The van der Waals surface area contributed by atoms with Crippen LogP contribution in [-0.2, 0) is 4.79 Å². The summed E-state index contributed by atoms with van der Waals surface area (Å²) >= 11 is 0. The number of aryl methyl sites for hydroxylation is 2. The fourth-order valence-electron chi connectivity index (χ4n) is 2.39. The molecule has 1 amide bonds. The normalized spacial score (nSPS) is 10.5. The zero-order chi connectivity index (χ0) is 17.5. The van der Waals surface area contributed by atoms with E-state index in [-0.39, 0.29) is 12.5 Å². The average molecular weight is 326 g/mol. The number of anilines is 2. The number of carbonyl (C=O) groups excluding carboxylic acids is 1. The fraction of sp³-hybridized carbons (Fsp3) is 0.350. The second-order valence-corrected chi connectivity index (χ2v) is 6.51. The lowest BCUT2D eigenvalue weighted by Gasteiger charge is -2.12. The van der Waals surface area contributed by atoms with Crippen LogP contribution in [0.5, 0.6) is 5.75 Å². The Bertz CT molecular complexity index is 676. The minimum atomic E-state index is -0.0755. The van der Waals surface area contributed by atoms with Crippen molar-refractivity contribution in [2.24, 2.45) is 5.92 Å². The monoisotopic (exact) mass is 326 g/mol. The molecule has 4 heteroatoms. The quantitative estimate of drug-likeness (QED) is 0.793. The van der Waals surface area contributed by atoms with Gasteiger partial charge in [-0.05, 0) is 55.2 Å². The van der Waals surface area contributed by atoms with Crippen LogP contribution >= 0.6 is 0 Å². The molecule has 0 heterocycles. The van der Waals surface area contributed by atoms with E-state index < -0.39 is 0 Å². The summed E-state index contributed by atoms with van der Waals surface area (Å²) in [7, 11) is 0. The molecular weight excluding hydrogens is 300 g/mol. The van der Waals surface area contributed by atoms with Crippen LogP contribution in [0.4, 0.5) is 11.4 Å². The number of nitrogens with one attached hydrogen (secondary N) is 2. The molecule has 0 bridgehead atoms. The van der Waals surface area contributed by atoms with Gasteiger partial charge in [0, 0.05) is 17.4 Å². The van der Waals surface area contributed by atoms with Gasteiger partial charge in [-0.25, -0.2) is 0 Å². The number of amides is 1. The van der Waals surface area contributed by atoms with Crippen molar-refractivity contribution in [2.45, 2.75) is 27.7 Å². The van der Waals surface area contributed by atoms with Crippen molar-refractivity contribution in [1.29, 1.82) is 0 Å². The van der Waals surface area contributed by atoms with Crippen LogP contribution in [0.1, 0.15) is 25.0 Å². The lowest BCUT2D eigenvalue weighted by molar-refractivity contribution is -0.114. The summed E-state index contributed by atoms with van der Waals surface area (Å²) < 4.78 is 5.70. The van der Waals surface area contributed by atoms with E-state index in [1.54, 1.807) is 0 Å². The highest BCUT2D eigenvalue weighted by atomic mass is 16.5. The van der Waals surface area contributed by atoms with Gasteiger partial charge >= 0.3 is 0 Å². The van der Waals surface area contributed by atoms with E-state index in [4.69, 9.17) is 4.74 Å². The Labute approximate surface area is 144 Å². The van der Waals surface area contributed by atoms with Gasteiger partial charge in [0.15, 0.2) is 0 Å². The molecule has 0 saturated heterocycles. The molecule has 0 aliphatic carbocycles. The molecule has 0 saturated carbocycles. The predicted molar refractivity (Wildman–Crippen MR) is 99.8 cm³/mol. The van der Waals surface area contributed by atoms with Crippen LogP contribution in [0.25, 0.3) is 0 Å². The molecule has 0 unspecified atom stereocenters. The highest BCUT2D eigenvalue weighted by Gasteiger charge is 2.04. The molecule has 0 fully saturated rings. The fourth-order valence-corrected chi connectivity index (χ4v) is 2.39. The zero-order valence-electron chi connectivity index (χ0n) is 14.8. The molecule has 0 aliphatic rings. The third-order valence-corrected chi connectivity index (χ3v) is 3.38. The van der Waals surface area contributed by atoms with Gasteiger partial charge < -0.3 is 15.4 Å². The van der Waals surface area contributed by atoms with Crippen LogP contribution < -0.4 is 15.4 Å². The van der Waals surface area contributed by atoms with Crippen molar-refractivity contribution in [3.05, 3.63) is 53.6 Å². The topological polar surface area (TPSA) is 50.4 Å². The first kappa shape index (κ1) is 17.9. The maximum Gasteiger partial charge on any atom is 0.243 e. The van der Waals surface area contributed by atoms with Gasteiger partial charge in [0.05, 0.1) is 13.2 Å². The minimum Gasteiger partial charge on any atom is -0.493 e. The van der Waals surface area contributed by atoms with E-state index in [2.05, 4.69) is 30.5 Å². The summed E-state index contributed by atoms with van der Waals surface area (Å²) in [6.45, 7) is 9.14. The van der Waals surface area contributed by atoms with E-state index >= 15 is 0 Å². The maximum atomic E-state index is 12.1. The number of hydrogen-bond acceptors (Lipinski definition) is 3. The molecule has 0 aromatic heterocycles. The van der Waals surface area contributed by atoms with Crippen molar-refractivity contribution < 1.29 is 9.53 Å². The summed E-state index contributed by atoms with van der Waals surface area (Å²) in [5.74, 6) is 1.21. The lowest BCUT2D eigenvalue weighted by Crippen LogP contribution is -2.21. The van der Waals surface area contributed by atoms with Gasteiger partial charge in [0.2, 0.25) is 5.91 Å². The largest absolute Gasteiger partial charge is 0.493 e. The Morgan fingerprint density at radius 1 is 1.04 bits per heavy atom. The van der Waals surface area contributed by atoms with Gasteiger partial charge in [-0.3, -0.25) is 4.79 Å². The van der Waals surface area contributed by atoms with Crippen molar-refractivity contribution in [1.82, 2.24) is 0 Å². The van der Waals surface area contributed by atoms with E-state index in [9.17, 15) is 4.79 Å². The van der Waals surface area contributed by atoms with Crippen LogP contribution in [0.2, 0.25) is 0 Å². The van der Waals surface area contributed by atoms with E-state index in [0.29, 0.717) is 12.5 Å². The highest BCUT2D eigenvalue weighted by Crippen LogP contribution is 2.18. The molecule has 128 valence electrons. The van der Waals surface area contributed by atoms with Crippen LogP contribution in [0.3, 0.4) is 0 Å². The van der Waals surface area contributed by atoms with E-state index in [1.807, 2.05) is 50.2 Å². The first-order valence-corrected chi connectivity index (χ1v) is 8.27. The number of rotatable bonds is 7. The maximum absolute atomic E-state index is 12.1. The van der Waals surface area contributed by atoms with Crippen molar-refractivity contribution in [3.8, 4) is 5.75 Å². The molecule has 2 rings (SSSR count). The van der Waals surface area contributed by atoms with Gasteiger partial charge in [-0.2, -0.15) is 0 Å². The average Bonchev–Trinajstić information content (AvgIpc) is 2.50.